The standard InChI is InChI=1S/C12H14BrNO4S/c1-8-4-5-11(9(13)7-8)19(17,18)14-6-2-3-10(14)12(15)16/h4-5,7,10H,2-3,6H2,1H3,(H,15,16)/t10-/m1/s1. The molecule has 0 amide bonds. The summed E-state index contributed by atoms with van der Waals surface area (Å²) in [6, 6.07) is 3.95. The Hall–Kier alpha value is -0.920. The molecule has 1 atom stereocenters. The number of aryl methyl sites for hydroxylation is 1. The summed E-state index contributed by atoms with van der Waals surface area (Å²) in [5.74, 6) is -1.09. The van der Waals surface area contributed by atoms with Crippen molar-refractivity contribution in [2.24, 2.45) is 0 Å². The first-order chi connectivity index (χ1) is 8.84. The first-order valence-electron chi connectivity index (χ1n) is 5.85. The average Bonchev–Trinajstić information content (AvgIpc) is 2.77. The van der Waals surface area contributed by atoms with Crippen LogP contribution in [0.1, 0.15) is 18.4 Å². The number of halogens is 1. The molecule has 0 saturated carbocycles. The molecule has 104 valence electrons. The molecule has 1 aromatic rings. The monoisotopic (exact) mass is 347 g/mol. The predicted molar refractivity (Wildman–Crippen MR) is 73.4 cm³/mol. The van der Waals surface area contributed by atoms with Gasteiger partial charge in [-0.25, -0.2) is 8.42 Å². The molecule has 1 fully saturated rings. The van der Waals surface area contributed by atoms with Crippen LogP contribution in [0, 0.1) is 6.92 Å². The molecule has 1 aliphatic heterocycles. The molecule has 19 heavy (non-hydrogen) atoms. The lowest BCUT2D eigenvalue weighted by atomic mass is 10.2. The topological polar surface area (TPSA) is 74.7 Å². The van der Waals surface area contributed by atoms with Gasteiger partial charge in [0.25, 0.3) is 0 Å². The number of carboxylic acid groups (broad SMARTS) is 1. The number of carbonyl (C=O) groups is 1. The summed E-state index contributed by atoms with van der Waals surface area (Å²) < 4.78 is 26.6. The molecule has 5 nitrogen and oxygen atoms in total. The summed E-state index contributed by atoms with van der Waals surface area (Å²) in [6.07, 6.45) is 0.928. The smallest absolute Gasteiger partial charge is 0.322 e. The number of benzene rings is 1. The minimum atomic E-state index is -3.77. The molecule has 0 bridgehead atoms. The Morgan fingerprint density at radius 1 is 1.47 bits per heavy atom. The zero-order valence-electron chi connectivity index (χ0n) is 10.3. The van der Waals surface area contributed by atoms with Crippen LogP contribution < -0.4 is 0 Å². The van der Waals surface area contributed by atoms with Gasteiger partial charge in [0.05, 0.1) is 4.90 Å². The molecule has 0 unspecified atom stereocenters. The summed E-state index contributed by atoms with van der Waals surface area (Å²) >= 11 is 3.23. The molecular formula is C12H14BrNO4S. The van der Waals surface area contributed by atoms with Crippen LogP contribution in [0.25, 0.3) is 0 Å². The SMILES string of the molecule is Cc1ccc(S(=O)(=O)N2CCC[C@@H]2C(=O)O)c(Br)c1. The summed E-state index contributed by atoms with van der Waals surface area (Å²) in [7, 11) is -3.77. The van der Waals surface area contributed by atoms with Crippen molar-refractivity contribution in [1.82, 2.24) is 4.31 Å². The molecule has 1 aromatic carbocycles. The molecule has 1 N–H and O–H groups in total. The quantitative estimate of drug-likeness (QED) is 0.907. The van der Waals surface area contributed by atoms with E-state index in [1.54, 1.807) is 12.1 Å². The first kappa shape index (κ1) is 14.5. The zero-order chi connectivity index (χ0) is 14.2. The molecule has 1 heterocycles. The lowest BCUT2D eigenvalue weighted by Gasteiger charge is -2.21. The van der Waals surface area contributed by atoms with E-state index in [0.717, 1.165) is 9.87 Å². The fraction of sp³-hybridized carbons (Fsp3) is 0.417. The molecule has 0 aromatic heterocycles. The zero-order valence-corrected chi connectivity index (χ0v) is 12.7. The molecule has 0 spiro atoms. The second-order valence-corrected chi connectivity index (χ2v) is 7.26. The summed E-state index contributed by atoms with van der Waals surface area (Å²) in [6.45, 7) is 2.11. The average molecular weight is 348 g/mol. The minimum absolute atomic E-state index is 0.117. The van der Waals surface area contributed by atoms with Crippen molar-refractivity contribution in [2.45, 2.75) is 30.7 Å². The molecule has 0 radical (unpaired) electrons. The fourth-order valence-electron chi connectivity index (χ4n) is 2.22. The van der Waals surface area contributed by atoms with Gasteiger partial charge in [-0.1, -0.05) is 6.07 Å². The highest BCUT2D eigenvalue weighted by atomic mass is 79.9. The van der Waals surface area contributed by atoms with Crippen LogP contribution in [0.4, 0.5) is 0 Å². The van der Waals surface area contributed by atoms with Gasteiger partial charge in [-0.2, -0.15) is 4.31 Å². The second kappa shape index (κ2) is 5.22. The Labute approximate surface area is 120 Å². The van der Waals surface area contributed by atoms with Gasteiger partial charge in [0.15, 0.2) is 0 Å². The number of aliphatic carboxylic acids is 1. The largest absolute Gasteiger partial charge is 0.480 e. The first-order valence-corrected chi connectivity index (χ1v) is 8.08. The highest BCUT2D eigenvalue weighted by Crippen LogP contribution is 2.30. The van der Waals surface area contributed by atoms with Crippen LogP contribution >= 0.6 is 15.9 Å². The summed E-state index contributed by atoms with van der Waals surface area (Å²) in [5.41, 5.74) is 0.932. The Balaban J connectivity index is 2.45. The predicted octanol–water partition coefficient (Wildman–Crippen LogP) is 2.00. The van der Waals surface area contributed by atoms with Crippen LogP contribution in [0.5, 0.6) is 0 Å². The van der Waals surface area contributed by atoms with E-state index in [1.807, 2.05) is 6.92 Å². The number of sulfonamides is 1. The van der Waals surface area contributed by atoms with Crippen molar-refractivity contribution in [3.05, 3.63) is 28.2 Å². The van der Waals surface area contributed by atoms with Crippen LogP contribution in [0.15, 0.2) is 27.6 Å². The van der Waals surface area contributed by atoms with Gasteiger partial charge < -0.3 is 5.11 Å². The van der Waals surface area contributed by atoms with E-state index in [0.29, 0.717) is 17.3 Å². The van der Waals surface area contributed by atoms with Crippen molar-refractivity contribution >= 4 is 31.9 Å². The number of carboxylic acids is 1. The number of hydrogen-bond acceptors (Lipinski definition) is 3. The minimum Gasteiger partial charge on any atom is -0.480 e. The lowest BCUT2D eigenvalue weighted by molar-refractivity contribution is -0.140. The highest BCUT2D eigenvalue weighted by Gasteiger charge is 2.40. The molecule has 2 rings (SSSR count). The third-order valence-corrected chi connectivity index (χ3v) is 6.05. The fourth-order valence-corrected chi connectivity index (χ4v) is 5.02. The van der Waals surface area contributed by atoms with Gasteiger partial charge in [-0.15, -0.1) is 0 Å². The van der Waals surface area contributed by atoms with Gasteiger partial charge in [-0.3, -0.25) is 4.79 Å². The van der Waals surface area contributed by atoms with E-state index in [1.165, 1.54) is 6.07 Å². The van der Waals surface area contributed by atoms with Crippen molar-refractivity contribution in [3.63, 3.8) is 0 Å². The van der Waals surface area contributed by atoms with Crippen LogP contribution in [-0.4, -0.2) is 36.4 Å². The van der Waals surface area contributed by atoms with Crippen LogP contribution in [-0.2, 0) is 14.8 Å². The number of nitrogens with zero attached hydrogens (tertiary/aromatic N) is 1. The molecule has 1 saturated heterocycles. The van der Waals surface area contributed by atoms with Gasteiger partial charge >= 0.3 is 5.97 Å². The maximum absolute atomic E-state index is 12.5. The van der Waals surface area contributed by atoms with Crippen LogP contribution in [0.3, 0.4) is 0 Å². The Bertz CT molecular complexity index is 614. The Kier molecular flexibility index (Phi) is 3.98. The second-order valence-electron chi connectivity index (χ2n) is 4.55. The van der Waals surface area contributed by atoms with Gasteiger partial charge in [0.2, 0.25) is 10.0 Å². The summed E-state index contributed by atoms with van der Waals surface area (Å²) in [4.78, 5) is 11.2. The molecule has 7 heteroatoms. The normalized spacial score (nSPS) is 20.6. The number of rotatable bonds is 3. The van der Waals surface area contributed by atoms with Gasteiger partial charge in [-0.05, 0) is 53.4 Å². The maximum Gasteiger partial charge on any atom is 0.322 e. The molecule has 0 aliphatic carbocycles. The third kappa shape index (κ3) is 2.68. The van der Waals surface area contributed by atoms with Gasteiger partial charge in [0.1, 0.15) is 6.04 Å². The van der Waals surface area contributed by atoms with E-state index >= 15 is 0 Å². The third-order valence-electron chi connectivity index (χ3n) is 3.16. The maximum atomic E-state index is 12.5. The van der Waals surface area contributed by atoms with E-state index < -0.39 is 22.0 Å². The molecular weight excluding hydrogens is 334 g/mol. The number of hydrogen-bond donors (Lipinski definition) is 1. The summed E-state index contributed by atoms with van der Waals surface area (Å²) in [5, 5.41) is 9.09. The van der Waals surface area contributed by atoms with E-state index in [2.05, 4.69) is 15.9 Å². The van der Waals surface area contributed by atoms with E-state index in [4.69, 9.17) is 5.11 Å². The van der Waals surface area contributed by atoms with Crippen molar-refractivity contribution in [1.29, 1.82) is 0 Å². The van der Waals surface area contributed by atoms with Crippen molar-refractivity contribution < 1.29 is 18.3 Å². The van der Waals surface area contributed by atoms with E-state index in [9.17, 15) is 13.2 Å². The lowest BCUT2D eigenvalue weighted by Crippen LogP contribution is -2.40. The van der Waals surface area contributed by atoms with Crippen molar-refractivity contribution in [3.8, 4) is 0 Å². The van der Waals surface area contributed by atoms with Crippen molar-refractivity contribution in [2.75, 3.05) is 6.54 Å². The van der Waals surface area contributed by atoms with E-state index in [-0.39, 0.29) is 11.4 Å². The highest BCUT2D eigenvalue weighted by molar-refractivity contribution is 9.10. The van der Waals surface area contributed by atoms with Gasteiger partial charge in [0, 0.05) is 11.0 Å². The molecule has 1 aliphatic rings. The van der Waals surface area contributed by atoms with Crippen LogP contribution in [0.2, 0.25) is 0 Å². The Morgan fingerprint density at radius 2 is 2.16 bits per heavy atom. The Morgan fingerprint density at radius 3 is 2.74 bits per heavy atom.